The van der Waals surface area contributed by atoms with E-state index in [1.165, 1.54) is 0 Å². The van der Waals surface area contributed by atoms with Crippen LogP contribution < -0.4 is 5.73 Å². The van der Waals surface area contributed by atoms with E-state index in [1.807, 2.05) is 35.9 Å². The van der Waals surface area contributed by atoms with E-state index in [1.54, 1.807) is 19.2 Å². The average Bonchev–Trinajstić information content (AvgIpc) is 3.15. The summed E-state index contributed by atoms with van der Waals surface area (Å²) in [5.41, 5.74) is 10.3. The zero-order chi connectivity index (χ0) is 16.0. The molecule has 114 valence electrons. The molecule has 0 aliphatic carbocycles. The van der Waals surface area contributed by atoms with Crippen LogP contribution in [0.3, 0.4) is 0 Å². The highest BCUT2D eigenvalue weighted by Gasteiger charge is 2.13. The molecular weight excluding hydrogens is 292 g/mol. The second-order valence-corrected chi connectivity index (χ2v) is 5.35. The Balaban J connectivity index is 1.93. The van der Waals surface area contributed by atoms with Crippen LogP contribution in [0.5, 0.6) is 0 Å². The molecule has 0 aliphatic rings. The molecule has 0 aliphatic heterocycles. The van der Waals surface area contributed by atoms with Crippen molar-refractivity contribution < 1.29 is 4.42 Å². The summed E-state index contributed by atoms with van der Waals surface area (Å²) in [5.74, 6) is 1.51. The Bertz CT molecular complexity index is 999. The van der Waals surface area contributed by atoms with Crippen LogP contribution in [0.15, 0.2) is 41.2 Å². The molecule has 0 aromatic carbocycles. The number of pyridine rings is 2. The van der Waals surface area contributed by atoms with Crippen molar-refractivity contribution in [2.45, 2.75) is 13.8 Å². The first-order chi connectivity index (χ1) is 11.1. The van der Waals surface area contributed by atoms with Crippen LogP contribution in [0.2, 0.25) is 0 Å². The molecule has 7 heteroatoms. The minimum Gasteiger partial charge on any atom is -0.421 e. The molecule has 7 nitrogen and oxygen atoms in total. The Labute approximate surface area is 131 Å². The lowest BCUT2D eigenvalue weighted by Crippen LogP contribution is -1.94. The van der Waals surface area contributed by atoms with Crippen LogP contribution in [0.25, 0.3) is 28.4 Å². The van der Waals surface area contributed by atoms with E-state index in [0.29, 0.717) is 17.6 Å². The lowest BCUT2D eigenvalue weighted by atomic mass is 10.2. The standard InChI is InChI=1S/C16H14N6O/c1-9-5-12(16-21-20-10(2)23-16)8-22-13(7-19-15(9)22)11-3-4-14(17)18-6-11/h3-8H,1-2H3,(H2,17,18). The third kappa shape index (κ3) is 2.22. The minimum absolute atomic E-state index is 0.487. The van der Waals surface area contributed by atoms with Crippen LogP contribution in [-0.4, -0.2) is 24.6 Å². The molecule has 0 radical (unpaired) electrons. The number of fused-ring (bicyclic) bond motifs is 1. The lowest BCUT2D eigenvalue weighted by molar-refractivity contribution is 0.532. The van der Waals surface area contributed by atoms with Gasteiger partial charge in [-0.25, -0.2) is 9.97 Å². The van der Waals surface area contributed by atoms with E-state index in [0.717, 1.165) is 28.0 Å². The summed E-state index contributed by atoms with van der Waals surface area (Å²) in [7, 11) is 0. The molecule has 0 bridgehead atoms. The molecule has 0 atom stereocenters. The summed E-state index contributed by atoms with van der Waals surface area (Å²) in [6, 6.07) is 5.68. The molecule has 0 unspecified atom stereocenters. The highest BCUT2D eigenvalue weighted by Crippen LogP contribution is 2.26. The number of hydrogen-bond donors (Lipinski definition) is 1. The number of anilines is 1. The van der Waals surface area contributed by atoms with Gasteiger partial charge >= 0.3 is 0 Å². The van der Waals surface area contributed by atoms with Gasteiger partial charge in [0.1, 0.15) is 11.5 Å². The van der Waals surface area contributed by atoms with Gasteiger partial charge in [-0.3, -0.25) is 4.40 Å². The molecule has 4 rings (SSSR count). The Morgan fingerprint density at radius 3 is 2.61 bits per heavy atom. The van der Waals surface area contributed by atoms with Gasteiger partial charge in [-0.15, -0.1) is 10.2 Å². The van der Waals surface area contributed by atoms with Crippen molar-refractivity contribution in [2.75, 3.05) is 5.73 Å². The fourth-order valence-corrected chi connectivity index (χ4v) is 2.56. The van der Waals surface area contributed by atoms with Crippen molar-refractivity contribution in [3.8, 4) is 22.7 Å². The molecule has 0 saturated carbocycles. The van der Waals surface area contributed by atoms with Crippen molar-refractivity contribution in [1.82, 2.24) is 24.6 Å². The third-order valence-electron chi connectivity index (χ3n) is 3.64. The van der Waals surface area contributed by atoms with Crippen LogP contribution in [0, 0.1) is 13.8 Å². The quantitative estimate of drug-likeness (QED) is 0.611. The number of aromatic nitrogens is 5. The summed E-state index contributed by atoms with van der Waals surface area (Å²) in [4.78, 5) is 8.64. The first-order valence-corrected chi connectivity index (χ1v) is 7.12. The Morgan fingerprint density at radius 2 is 1.91 bits per heavy atom. The topological polar surface area (TPSA) is 95.1 Å². The predicted molar refractivity (Wildman–Crippen MR) is 85.6 cm³/mol. The van der Waals surface area contributed by atoms with Crippen molar-refractivity contribution in [3.05, 3.63) is 48.2 Å². The normalized spacial score (nSPS) is 11.2. The van der Waals surface area contributed by atoms with Gasteiger partial charge in [-0.1, -0.05) is 0 Å². The highest BCUT2D eigenvalue weighted by molar-refractivity contribution is 5.68. The van der Waals surface area contributed by atoms with E-state index in [2.05, 4.69) is 20.2 Å². The number of rotatable bonds is 2. The molecule has 0 fully saturated rings. The van der Waals surface area contributed by atoms with Crippen molar-refractivity contribution in [2.24, 2.45) is 0 Å². The van der Waals surface area contributed by atoms with Gasteiger partial charge < -0.3 is 10.2 Å². The van der Waals surface area contributed by atoms with E-state index in [4.69, 9.17) is 10.2 Å². The summed E-state index contributed by atoms with van der Waals surface area (Å²) in [5, 5.41) is 7.97. The van der Waals surface area contributed by atoms with E-state index in [9.17, 15) is 0 Å². The zero-order valence-corrected chi connectivity index (χ0v) is 12.7. The van der Waals surface area contributed by atoms with E-state index < -0.39 is 0 Å². The number of nitrogen functional groups attached to an aromatic ring is 1. The minimum atomic E-state index is 0.487. The van der Waals surface area contributed by atoms with Crippen LogP contribution >= 0.6 is 0 Å². The highest BCUT2D eigenvalue weighted by atomic mass is 16.4. The number of hydrogen-bond acceptors (Lipinski definition) is 6. The van der Waals surface area contributed by atoms with E-state index >= 15 is 0 Å². The summed E-state index contributed by atoms with van der Waals surface area (Å²) in [6.07, 6.45) is 5.49. The summed E-state index contributed by atoms with van der Waals surface area (Å²) in [6.45, 7) is 3.77. The number of imidazole rings is 1. The van der Waals surface area contributed by atoms with Crippen molar-refractivity contribution in [3.63, 3.8) is 0 Å². The van der Waals surface area contributed by atoms with Gasteiger partial charge in [0.15, 0.2) is 0 Å². The molecular formula is C16H14N6O. The van der Waals surface area contributed by atoms with E-state index in [-0.39, 0.29) is 0 Å². The molecule has 0 spiro atoms. The van der Waals surface area contributed by atoms with Gasteiger partial charge in [-0.05, 0) is 30.7 Å². The molecule has 0 saturated heterocycles. The number of nitrogens with two attached hydrogens (primary N) is 1. The molecule has 4 aromatic heterocycles. The van der Waals surface area contributed by atoms with Gasteiger partial charge in [-0.2, -0.15) is 0 Å². The van der Waals surface area contributed by atoms with Gasteiger partial charge in [0.2, 0.25) is 11.8 Å². The maximum absolute atomic E-state index is 5.66. The maximum atomic E-state index is 5.66. The number of nitrogens with zero attached hydrogens (tertiary/aromatic N) is 5. The largest absolute Gasteiger partial charge is 0.421 e. The van der Waals surface area contributed by atoms with Gasteiger partial charge in [0.05, 0.1) is 17.5 Å². The van der Waals surface area contributed by atoms with Gasteiger partial charge in [0, 0.05) is 24.9 Å². The first kappa shape index (κ1) is 13.4. The third-order valence-corrected chi connectivity index (χ3v) is 3.64. The Kier molecular flexibility index (Phi) is 2.87. The molecule has 23 heavy (non-hydrogen) atoms. The molecule has 4 heterocycles. The summed E-state index contributed by atoms with van der Waals surface area (Å²) >= 11 is 0. The Hall–Kier alpha value is -3.22. The second kappa shape index (κ2) is 4.91. The maximum Gasteiger partial charge on any atom is 0.249 e. The van der Waals surface area contributed by atoms with Crippen LogP contribution in [0.4, 0.5) is 5.82 Å². The average molecular weight is 306 g/mol. The van der Waals surface area contributed by atoms with Crippen LogP contribution in [0.1, 0.15) is 11.5 Å². The zero-order valence-electron chi connectivity index (χ0n) is 12.7. The Morgan fingerprint density at radius 1 is 1.04 bits per heavy atom. The first-order valence-electron chi connectivity index (χ1n) is 7.12. The fourth-order valence-electron chi connectivity index (χ4n) is 2.56. The van der Waals surface area contributed by atoms with Crippen LogP contribution in [-0.2, 0) is 0 Å². The van der Waals surface area contributed by atoms with Gasteiger partial charge in [0.25, 0.3) is 0 Å². The smallest absolute Gasteiger partial charge is 0.249 e. The molecule has 2 N–H and O–H groups in total. The second-order valence-electron chi connectivity index (χ2n) is 5.35. The number of aryl methyl sites for hydroxylation is 2. The SMILES string of the molecule is Cc1nnc(-c2cc(C)c3ncc(-c4ccc(N)nc4)n3c2)o1. The predicted octanol–water partition coefficient (Wildman–Crippen LogP) is 2.65. The molecule has 4 aromatic rings. The van der Waals surface area contributed by atoms with Crippen molar-refractivity contribution in [1.29, 1.82) is 0 Å². The van der Waals surface area contributed by atoms with Crippen molar-refractivity contribution >= 4 is 11.5 Å². The lowest BCUT2D eigenvalue weighted by Gasteiger charge is -2.06. The fraction of sp³-hybridized carbons (Fsp3) is 0.125. The molecule has 0 amide bonds. The summed E-state index contributed by atoms with van der Waals surface area (Å²) < 4.78 is 7.52. The monoisotopic (exact) mass is 306 g/mol.